The Kier molecular flexibility index (Phi) is 5.80. The number of aliphatic hydroxyl groups excluding tert-OH is 1. The molecule has 0 aromatic rings. The first-order valence-electron chi connectivity index (χ1n) is 2.91. The Labute approximate surface area is 58.7 Å². The van der Waals surface area contributed by atoms with Crippen LogP contribution < -0.4 is 5.73 Å². The summed E-state index contributed by atoms with van der Waals surface area (Å²) in [5, 5.41) is 7.75. The van der Waals surface area contributed by atoms with E-state index in [0.29, 0.717) is 19.8 Å². The second kappa shape index (κ2) is 6.31. The molecule has 0 aromatic heterocycles. The number of aliphatic hydroxyl groups is 1. The maximum atomic E-state index is 9.80. The summed E-state index contributed by atoms with van der Waals surface area (Å²) >= 11 is 0. The molecule has 1 aliphatic rings. The number of carbonyl (C=O) groups excluding carboxylic acids is 1. The molecule has 0 amide bonds. The molecule has 10 heavy (non-hydrogen) atoms. The Bertz CT molecular complexity index is 85.6. The summed E-state index contributed by atoms with van der Waals surface area (Å²) in [6.45, 7) is 1.30. The monoisotopic (exact) mass is 149 g/mol. The van der Waals surface area contributed by atoms with Crippen LogP contribution in [0.4, 0.5) is 4.79 Å². The minimum absolute atomic E-state index is 0.0972. The average Bonchev–Trinajstić information content (AvgIpc) is 2.40. The Morgan fingerprint density at radius 1 is 1.50 bits per heavy atom. The number of rotatable bonds is 1. The van der Waals surface area contributed by atoms with E-state index in [2.05, 4.69) is 9.47 Å². The third-order valence-corrected chi connectivity index (χ3v) is 0.652. The van der Waals surface area contributed by atoms with Gasteiger partial charge in [-0.1, -0.05) is 0 Å². The summed E-state index contributed by atoms with van der Waals surface area (Å²) in [6.07, 6.45) is -0.546. The molecule has 0 bridgehead atoms. The standard InChI is InChI=1S/C3H4O3.C2H7NO/c4-3-5-1-2-6-3;3-1-2-4/h1-2H2;4H,1-3H2. The normalized spacial score (nSPS) is 14.8. The van der Waals surface area contributed by atoms with Crippen molar-refractivity contribution in [3.63, 3.8) is 0 Å². The van der Waals surface area contributed by atoms with Crippen molar-refractivity contribution in [3.8, 4) is 0 Å². The van der Waals surface area contributed by atoms with Crippen molar-refractivity contribution in [2.24, 2.45) is 5.73 Å². The molecule has 0 aliphatic carbocycles. The molecule has 5 nitrogen and oxygen atoms in total. The van der Waals surface area contributed by atoms with Crippen molar-refractivity contribution in [1.82, 2.24) is 0 Å². The van der Waals surface area contributed by atoms with Gasteiger partial charge in [-0.2, -0.15) is 0 Å². The first kappa shape index (κ1) is 9.19. The number of carbonyl (C=O) groups is 1. The molecule has 0 unspecified atom stereocenters. The molecule has 1 saturated heterocycles. The van der Waals surface area contributed by atoms with Gasteiger partial charge in [-0.25, -0.2) is 4.79 Å². The molecule has 0 saturated carbocycles. The third kappa shape index (κ3) is 5.33. The predicted molar refractivity (Wildman–Crippen MR) is 33.4 cm³/mol. The van der Waals surface area contributed by atoms with E-state index in [1.165, 1.54) is 0 Å². The lowest BCUT2D eigenvalue weighted by Crippen LogP contribution is -2.02. The first-order valence-corrected chi connectivity index (χ1v) is 2.91. The zero-order chi connectivity index (χ0) is 7.82. The summed E-state index contributed by atoms with van der Waals surface area (Å²) in [6, 6.07) is 0. The van der Waals surface area contributed by atoms with Gasteiger partial charge < -0.3 is 20.3 Å². The Hall–Kier alpha value is -0.810. The molecule has 5 heteroatoms. The first-order chi connectivity index (χ1) is 4.81. The van der Waals surface area contributed by atoms with Crippen LogP contribution in [0.25, 0.3) is 0 Å². The predicted octanol–water partition coefficient (Wildman–Crippen LogP) is -0.909. The Morgan fingerprint density at radius 2 is 1.90 bits per heavy atom. The van der Waals surface area contributed by atoms with Crippen LogP contribution in [0, 0.1) is 0 Å². The highest BCUT2D eigenvalue weighted by Crippen LogP contribution is 1.92. The lowest BCUT2D eigenvalue weighted by atomic mass is 10.8. The smallest absolute Gasteiger partial charge is 0.431 e. The maximum Gasteiger partial charge on any atom is 0.508 e. The molecule has 1 rings (SSSR count). The summed E-state index contributed by atoms with van der Waals surface area (Å²) in [5.41, 5.74) is 4.78. The molecule has 1 aliphatic heterocycles. The van der Waals surface area contributed by atoms with E-state index in [4.69, 9.17) is 10.8 Å². The van der Waals surface area contributed by atoms with Gasteiger partial charge in [-0.3, -0.25) is 0 Å². The van der Waals surface area contributed by atoms with Gasteiger partial charge >= 0.3 is 6.16 Å². The second-order valence-electron chi connectivity index (χ2n) is 1.46. The molecule has 3 N–H and O–H groups in total. The molecular formula is C5H11NO4. The zero-order valence-corrected chi connectivity index (χ0v) is 5.58. The van der Waals surface area contributed by atoms with Crippen LogP contribution in [0.5, 0.6) is 0 Å². The topological polar surface area (TPSA) is 81.8 Å². The molecule has 1 fully saturated rings. The van der Waals surface area contributed by atoms with Gasteiger partial charge in [0.05, 0.1) is 6.61 Å². The van der Waals surface area contributed by atoms with E-state index in [9.17, 15) is 4.79 Å². The fourth-order valence-electron chi connectivity index (χ4n) is 0.292. The van der Waals surface area contributed by atoms with Gasteiger partial charge in [-0.15, -0.1) is 0 Å². The fourth-order valence-corrected chi connectivity index (χ4v) is 0.292. The van der Waals surface area contributed by atoms with Gasteiger partial charge in [0.1, 0.15) is 13.2 Å². The van der Waals surface area contributed by atoms with Crippen molar-refractivity contribution in [2.45, 2.75) is 0 Å². The van der Waals surface area contributed by atoms with E-state index >= 15 is 0 Å². The molecule has 1 heterocycles. The SMILES string of the molecule is NCCO.O=C1OCCO1. The van der Waals surface area contributed by atoms with Crippen molar-refractivity contribution in [3.05, 3.63) is 0 Å². The van der Waals surface area contributed by atoms with E-state index in [-0.39, 0.29) is 6.61 Å². The minimum atomic E-state index is -0.546. The molecule has 0 aromatic carbocycles. The minimum Gasteiger partial charge on any atom is -0.431 e. The van der Waals surface area contributed by atoms with Crippen molar-refractivity contribution in [1.29, 1.82) is 0 Å². The summed E-state index contributed by atoms with van der Waals surface area (Å²) < 4.78 is 8.58. The van der Waals surface area contributed by atoms with Crippen LogP contribution in [0.2, 0.25) is 0 Å². The van der Waals surface area contributed by atoms with E-state index in [1.807, 2.05) is 0 Å². The largest absolute Gasteiger partial charge is 0.508 e. The van der Waals surface area contributed by atoms with Crippen LogP contribution in [0.1, 0.15) is 0 Å². The fraction of sp³-hybridized carbons (Fsp3) is 0.800. The zero-order valence-electron chi connectivity index (χ0n) is 5.58. The molecular weight excluding hydrogens is 138 g/mol. The van der Waals surface area contributed by atoms with E-state index in [0.717, 1.165) is 0 Å². The van der Waals surface area contributed by atoms with Gasteiger partial charge in [0.2, 0.25) is 0 Å². The van der Waals surface area contributed by atoms with Crippen molar-refractivity contribution in [2.75, 3.05) is 26.4 Å². The van der Waals surface area contributed by atoms with E-state index in [1.54, 1.807) is 0 Å². The Balaban J connectivity index is 0.000000180. The van der Waals surface area contributed by atoms with E-state index < -0.39 is 6.16 Å². The molecule has 0 atom stereocenters. The number of hydrogen-bond donors (Lipinski definition) is 2. The lowest BCUT2D eigenvalue weighted by Gasteiger charge is -1.78. The molecule has 60 valence electrons. The van der Waals surface area contributed by atoms with Crippen molar-refractivity contribution < 1.29 is 19.4 Å². The number of cyclic esters (lactones) is 2. The number of nitrogens with two attached hydrogens (primary N) is 1. The highest BCUT2D eigenvalue weighted by molar-refractivity contribution is 5.61. The highest BCUT2D eigenvalue weighted by atomic mass is 16.8. The van der Waals surface area contributed by atoms with Crippen LogP contribution in [-0.4, -0.2) is 37.6 Å². The second-order valence-corrected chi connectivity index (χ2v) is 1.46. The van der Waals surface area contributed by atoms with Gasteiger partial charge in [-0.05, 0) is 0 Å². The summed E-state index contributed by atoms with van der Waals surface area (Å²) in [5.74, 6) is 0. The Morgan fingerprint density at radius 3 is 2.00 bits per heavy atom. The molecule has 0 spiro atoms. The summed E-state index contributed by atoms with van der Waals surface area (Å²) in [7, 11) is 0. The summed E-state index contributed by atoms with van der Waals surface area (Å²) in [4.78, 5) is 9.80. The van der Waals surface area contributed by atoms with Crippen molar-refractivity contribution >= 4 is 6.16 Å². The third-order valence-electron chi connectivity index (χ3n) is 0.652. The average molecular weight is 149 g/mol. The van der Waals surface area contributed by atoms with Gasteiger partial charge in [0, 0.05) is 6.54 Å². The number of ether oxygens (including phenoxy) is 2. The quantitative estimate of drug-likeness (QED) is 0.472. The van der Waals surface area contributed by atoms with Crippen LogP contribution in [0.15, 0.2) is 0 Å². The highest BCUT2D eigenvalue weighted by Gasteiger charge is 2.09. The van der Waals surface area contributed by atoms with Crippen LogP contribution in [-0.2, 0) is 9.47 Å². The number of hydrogen-bond acceptors (Lipinski definition) is 5. The van der Waals surface area contributed by atoms with Crippen LogP contribution in [0.3, 0.4) is 0 Å². The van der Waals surface area contributed by atoms with Gasteiger partial charge in [0.15, 0.2) is 0 Å². The van der Waals surface area contributed by atoms with Gasteiger partial charge in [0.25, 0.3) is 0 Å². The lowest BCUT2D eigenvalue weighted by molar-refractivity contribution is 0.131. The molecule has 0 radical (unpaired) electrons. The van der Waals surface area contributed by atoms with Crippen LogP contribution >= 0.6 is 0 Å². The maximum absolute atomic E-state index is 9.80.